The van der Waals surface area contributed by atoms with Gasteiger partial charge >= 0.3 is 0 Å². The number of morpholine rings is 1. The molecular weight excluding hydrogens is 490 g/mol. The van der Waals surface area contributed by atoms with Crippen LogP contribution in [0.15, 0.2) is 54.6 Å². The van der Waals surface area contributed by atoms with E-state index in [-0.39, 0.29) is 18.1 Å². The average Bonchev–Trinajstić information content (AvgIpc) is 2.87. The van der Waals surface area contributed by atoms with Crippen LogP contribution in [0.25, 0.3) is 0 Å². The van der Waals surface area contributed by atoms with Gasteiger partial charge in [-0.2, -0.15) is 5.26 Å². The van der Waals surface area contributed by atoms with Gasteiger partial charge in [0.2, 0.25) is 5.91 Å². The van der Waals surface area contributed by atoms with Crippen molar-refractivity contribution < 1.29 is 19.1 Å². The molecule has 4 rings (SSSR count). The van der Waals surface area contributed by atoms with Gasteiger partial charge in [-0.15, -0.1) is 0 Å². The van der Waals surface area contributed by atoms with E-state index < -0.39 is 0 Å². The second-order valence-electron chi connectivity index (χ2n) is 9.06. The van der Waals surface area contributed by atoms with Crippen molar-refractivity contribution in [1.82, 2.24) is 4.90 Å². The second kappa shape index (κ2) is 12.0. The Kier molecular flexibility index (Phi) is 8.57. The summed E-state index contributed by atoms with van der Waals surface area (Å²) in [7, 11) is 0. The van der Waals surface area contributed by atoms with Crippen LogP contribution < -0.4 is 10.1 Å². The van der Waals surface area contributed by atoms with Gasteiger partial charge in [-0.25, -0.2) is 0 Å². The maximum absolute atomic E-state index is 12.8. The van der Waals surface area contributed by atoms with E-state index in [9.17, 15) is 9.59 Å². The zero-order valence-corrected chi connectivity index (χ0v) is 21.6. The number of rotatable bonds is 8. The molecule has 0 atom stereocenters. The van der Waals surface area contributed by atoms with E-state index in [0.717, 1.165) is 29.8 Å². The van der Waals surface area contributed by atoms with E-state index in [1.54, 1.807) is 30.3 Å². The summed E-state index contributed by atoms with van der Waals surface area (Å²) in [5.74, 6) is 0.903. The number of ether oxygens (including phenoxy) is 2. The van der Waals surface area contributed by atoms with E-state index in [2.05, 4.69) is 16.3 Å². The molecule has 1 fully saturated rings. The summed E-state index contributed by atoms with van der Waals surface area (Å²) in [4.78, 5) is 27.6. The number of benzene rings is 3. The number of carbonyl (C=O) groups is 2. The Morgan fingerprint density at radius 3 is 2.57 bits per heavy atom. The summed E-state index contributed by atoms with van der Waals surface area (Å²) < 4.78 is 11.3. The average molecular weight is 518 g/mol. The van der Waals surface area contributed by atoms with Gasteiger partial charge in [-0.05, 0) is 73.0 Å². The van der Waals surface area contributed by atoms with Crippen molar-refractivity contribution in [1.29, 1.82) is 5.26 Å². The number of aryl methyl sites for hydroxylation is 2. The predicted molar refractivity (Wildman–Crippen MR) is 143 cm³/mol. The van der Waals surface area contributed by atoms with Crippen molar-refractivity contribution in [2.24, 2.45) is 0 Å². The largest absolute Gasteiger partial charge is 0.457 e. The number of hydrogen-bond donors (Lipinski definition) is 1. The fourth-order valence-electron chi connectivity index (χ4n) is 4.09. The fourth-order valence-corrected chi connectivity index (χ4v) is 4.31. The maximum atomic E-state index is 12.8. The highest BCUT2D eigenvalue weighted by Gasteiger charge is 2.17. The Bertz CT molecular complexity index is 1360. The number of halogens is 1. The first-order valence-electron chi connectivity index (χ1n) is 12.0. The molecule has 1 aliphatic rings. The fraction of sp³-hybridized carbons (Fsp3) is 0.276. The first-order chi connectivity index (χ1) is 17.8. The third-order valence-corrected chi connectivity index (χ3v) is 6.36. The van der Waals surface area contributed by atoms with Crippen LogP contribution in [0.3, 0.4) is 0 Å². The molecule has 0 aliphatic carbocycles. The van der Waals surface area contributed by atoms with Crippen LogP contribution >= 0.6 is 11.6 Å². The lowest BCUT2D eigenvalue weighted by atomic mass is 10.0. The summed E-state index contributed by atoms with van der Waals surface area (Å²) in [5.41, 5.74) is 4.18. The first kappa shape index (κ1) is 26.4. The third-order valence-electron chi connectivity index (χ3n) is 6.14. The molecule has 0 radical (unpaired) electrons. The Hall–Kier alpha value is -3.70. The molecule has 1 N–H and O–H groups in total. The number of nitriles is 1. The Morgan fingerprint density at radius 1 is 1.05 bits per heavy atom. The quantitative estimate of drug-likeness (QED) is 0.407. The molecule has 190 valence electrons. The lowest BCUT2D eigenvalue weighted by Gasteiger charge is -2.25. The molecule has 7 nitrogen and oxygen atoms in total. The number of anilines is 1. The zero-order chi connectivity index (χ0) is 26.4. The third kappa shape index (κ3) is 7.17. The molecule has 8 heteroatoms. The molecule has 1 saturated heterocycles. The van der Waals surface area contributed by atoms with E-state index in [4.69, 9.17) is 26.3 Å². The van der Waals surface area contributed by atoms with Crippen LogP contribution in [-0.4, -0.2) is 49.4 Å². The standard InChI is InChI=1S/C29H28ClN3O4/c1-19-3-4-21(14-28(19)37-25-13-22(17-31)12-24(30)16-25)15-29(35)32-26-6-5-23(11-20(26)2)27(34)18-33-7-9-36-10-8-33/h3-6,11-14,16H,7-10,15,18H2,1-2H3,(H,32,35). The van der Waals surface area contributed by atoms with Crippen LogP contribution in [0.4, 0.5) is 5.69 Å². The van der Waals surface area contributed by atoms with E-state index >= 15 is 0 Å². The number of amides is 1. The summed E-state index contributed by atoms with van der Waals surface area (Å²) in [6, 6.07) is 17.8. The molecule has 1 heterocycles. The number of ketones is 1. The summed E-state index contributed by atoms with van der Waals surface area (Å²) in [6.45, 7) is 6.94. The molecule has 0 saturated carbocycles. The van der Waals surface area contributed by atoms with Gasteiger partial charge in [0.1, 0.15) is 11.5 Å². The molecule has 0 spiro atoms. The number of carbonyl (C=O) groups excluding carboxylic acids is 2. The minimum Gasteiger partial charge on any atom is -0.457 e. The lowest BCUT2D eigenvalue weighted by molar-refractivity contribution is -0.115. The van der Waals surface area contributed by atoms with Gasteiger partial charge < -0.3 is 14.8 Å². The van der Waals surface area contributed by atoms with Crippen molar-refractivity contribution in [3.8, 4) is 17.6 Å². The molecule has 3 aromatic rings. The zero-order valence-electron chi connectivity index (χ0n) is 20.8. The summed E-state index contributed by atoms with van der Waals surface area (Å²) in [5, 5.41) is 12.5. The van der Waals surface area contributed by atoms with Crippen molar-refractivity contribution in [2.75, 3.05) is 38.2 Å². The smallest absolute Gasteiger partial charge is 0.228 e. The molecule has 0 aromatic heterocycles. The van der Waals surface area contributed by atoms with Gasteiger partial charge in [-0.3, -0.25) is 14.5 Å². The molecule has 37 heavy (non-hydrogen) atoms. The Morgan fingerprint density at radius 2 is 1.84 bits per heavy atom. The lowest BCUT2D eigenvalue weighted by Crippen LogP contribution is -2.39. The highest BCUT2D eigenvalue weighted by Crippen LogP contribution is 2.29. The summed E-state index contributed by atoms with van der Waals surface area (Å²) in [6.07, 6.45) is 0.146. The van der Waals surface area contributed by atoms with Gasteiger partial charge in [0.05, 0.1) is 37.8 Å². The van der Waals surface area contributed by atoms with Gasteiger partial charge in [0.15, 0.2) is 5.78 Å². The normalized spacial score (nSPS) is 13.6. The van der Waals surface area contributed by atoms with Crippen molar-refractivity contribution >= 4 is 29.0 Å². The maximum Gasteiger partial charge on any atom is 0.228 e. The minimum absolute atomic E-state index is 0.0525. The van der Waals surface area contributed by atoms with E-state index in [0.29, 0.717) is 53.1 Å². The molecule has 1 amide bonds. The topological polar surface area (TPSA) is 91.7 Å². The Balaban J connectivity index is 1.39. The summed E-state index contributed by atoms with van der Waals surface area (Å²) >= 11 is 6.09. The predicted octanol–water partition coefficient (Wildman–Crippen LogP) is 5.32. The van der Waals surface area contributed by atoms with Crippen LogP contribution in [0, 0.1) is 25.2 Å². The van der Waals surface area contributed by atoms with Gasteiger partial charge in [0, 0.05) is 29.4 Å². The highest BCUT2D eigenvalue weighted by molar-refractivity contribution is 6.30. The number of nitrogens with zero attached hydrogens (tertiary/aromatic N) is 2. The molecule has 3 aromatic carbocycles. The van der Waals surface area contributed by atoms with E-state index in [1.807, 2.05) is 38.1 Å². The minimum atomic E-state index is -0.181. The first-order valence-corrected chi connectivity index (χ1v) is 12.4. The number of hydrogen-bond acceptors (Lipinski definition) is 6. The Labute approximate surface area is 221 Å². The van der Waals surface area contributed by atoms with Crippen LogP contribution in [-0.2, 0) is 16.0 Å². The van der Waals surface area contributed by atoms with Crippen molar-refractivity contribution in [2.45, 2.75) is 20.3 Å². The number of nitrogens with one attached hydrogen (secondary N) is 1. The van der Waals surface area contributed by atoms with Gasteiger partial charge in [0.25, 0.3) is 0 Å². The van der Waals surface area contributed by atoms with E-state index in [1.165, 1.54) is 0 Å². The molecule has 0 unspecified atom stereocenters. The van der Waals surface area contributed by atoms with Crippen LogP contribution in [0.2, 0.25) is 5.02 Å². The highest BCUT2D eigenvalue weighted by atomic mass is 35.5. The molecule has 0 bridgehead atoms. The number of Topliss-reactive ketones (excluding diaryl/α,β-unsaturated/α-hetero) is 1. The van der Waals surface area contributed by atoms with Crippen LogP contribution in [0.1, 0.15) is 32.6 Å². The van der Waals surface area contributed by atoms with Crippen molar-refractivity contribution in [3.05, 3.63) is 87.4 Å². The molecular formula is C29H28ClN3O4. The van der Waals surface area contributed by atoms with Crippen LogP contribution in [0.5, 0.6) is 11.5 Å². The van der Waals surface area contributed by atoms with Crippen molar-refractivity contribution in [3.63, 3.8) is 0 Å². The molecule has 1 aliphatic heterocycles. The van der Waals surface area contributed by atoms with Gasteiger partial charge in [-0.1, -0.05) is 23.7 Å². The SMILES string of the molecule is Cc1cc(C(=O)CN2CCOCC2)ccc1NC(=O)Cc1ccc(C)c(Oc2cc(Cl)cc(C#N)c2)c1. The second-order valence-corrected chi connectivity index (χ2v) is 9.49. The monoisotopic (exact) mass is 517 g/mol.